The number of alkyl halides is 3. The molecule has 3 rings (SSSR count). The molecule has 0 bridgehead atoms. The monoisotopic (exact) mass is 452 g/mol. The Labute approximate surface area is 186 Å². The Bertz CT molecular complexity index is 883. The molecule has 1 unspecified atom stereocenters. The van der Waals surface area contributed by atoms with Crippen LogP contribution in [-0.2, 0) is 4.74 Å². The zero-order chi connectivity index (χ0) is 23.6. The lowest BCUT2D eigenvalue weighted by Gasteiger charge is -2.44. The van der Waals surface area contributed by atoms with Gasteiger partial charge >= 0.3 is 6.18 Å². The lowest BCUT2D eigenvalue weighted by Crippen LogP contribution is -2.58. The molecule has 0 saturated heterocycles. The summed E-state index contributed by atoms with van der Waals surface area (Å²) >= 11 is 0. The Kier molecular flexibility index (Phi) is 7.19. The van der Waals surface area contributed by atoms with Crippen LogP contribution in [-0.4, -0.2) is 52.4 Å². The largest absolute Gasteiger partial charge is 0.417 e. The number of hydrazine groups is 1. The summed E-state index contributed by atoms with van der Waals surface area (Å²) in [5.74, 6) is 0. The Morgan fingerprint density at radius 3 is 2.34 bits per heavy atom. The van der Waals surface area contributed by atoms with Crippen molar-refractivity contribution in [3.05, 3.63) is 65.4 Å². The highest BCUT2D eigenvalue weighted by atomic mass is 19.4. The second-order valence-electron chi connectivity index (χ2n) is 8.56. The smallest absolute Gasteiger partial charge is 0.388 e. The number of halogens is 3. The van der Waals surface area contributed by atoms with Gasteiger partial charge in [0.15, 0.2) is 5.60 Å². The fraction of sp³-hybridized carbons (Fsp3) is 0.500. The van der Waals surface area contributed by atoms with Crippen molar-refractivity contribution in [1.29, 1.82) is 0 Å². The maximum absolute atomic E-state index is 13.2. The SMILES string of the molecule is C/C=C(\C=C/COC)N1NC(C2(O)CCC(O)(C(F)(F)F)CC2)C=C1c1ccc(C)cc1. The van der Waals surface area contributed by atoms with Gasteiger partial charge < -0.3 is 14.9 Å². The van der Waals surface area contributed by atoms with Crippen LogP contribution in [0.4, 0.5) is 13.2 Å². The molecule has 0 radical (unpaired) electrons. The van der Waals surface area contributed by atoms with E-state index in [9.17, 15) is 23.4 Å². The van der Waals surface area contributed by atoms with Gasteiger partial charge in [-0.05, 0) is 57.2 Å². The van der Waals surface area contributed by atoms with E-state index in [1.807, 2.05) is 67.4 Å². The molecule has 1 fully saturated rings. The zero-order valence-electron chi connectivity index (χ0n) is 18.6. The van der Waals surface area contributed by atoms with E-state index in [0.717, 1.165) is 22.5 Å². The number of hydrogen-bond acceptors (Lipinski definition) is 5. The average Bonchev–Trinajstić information content (AvgIpc) is 3.19. The van der Waals surface area contributed by atoms with E-state index in [-0.39, 0.29) is 12.8 Å². The van der Waals surface area contributed by atoms with E-state index in [1.165, 1.54) is 0 Å². The molecule has 176 valence electrons. The van der Waals surface area contributed by atoms with Gasteiger partial charge in [-0.1, -0.05) is 42.0 Å². The maximum atomic E-state index is 13.2. The summed E-state index contributed by atoms with van der Waals surface area (Å²) in [6.07, 6.45) is 1.37. The summed E-state index contributed by atoms with van der Waals surface area (Å²) in [6, 6.07) is 7.30. The molecular weight excluding hydrogens is 421 g/mol. The molecule has 2 aliphatic rings. The minimum atomic E-state index is -4.71. The highest BCUT2D eigenvalue weighted by molar-refractivity contribution is 5.69. The highest BCUT2D eigenvalue weighted by Gasteiger charge is 2.58. The third-order valence-electron chi connectivity index (χ3n) is 6.34. The lowest BCUT2D eigenvalue weighted by atomic mass is 9.72. The van der Waals surface area contributed by atoms with E-state index in [4.69, 9.17) is 4.74 Å². The van der Waals surface area contributed by atoms with Crippen LogP contribution < -0.4 is 5.43 Å². The Morgan fingerprint density at radius 1 is 1.19 bits per heavy atom. The predicted octanol–water partition coefficient (Wildman–Crippen LogP) is 4.23. The van der Waals surface area contributed by atoms with Crippen LogP contribution in [0.2, 0.25) is 0 Å². The molecule has 1 saturated carbocycles. The van der Waals surface area contributed by atoms with Gasteiger partial charge in [0.1, 0.15) is 0 Å². The first-order valence-electron chi connectivity index (χ1n) is 10.7. The third-order valence-corrected chi connectivity index (χ3v) is 6.34. The van der Waals surface area contributed by atoms with Gasteiger partial charge in [-0.25, -0.2) is 5.43 Å². The Morgan fingerprint density at radius 2 is 1.81 bits per heavy atom. The summed E-state index contributed by atoms with van der Waals surface area (Å²) in [7, 11) is 1.60. The van der Waals surface area contributed by atoms with Crippen molar-refractivity contribution in [3.63, 3.8) is 0 Å². The topological polar surface area (TPSA) is 65.0 Å². The van der Waals surface area contributed by atoms with Gasteiger partial charge in [-0.2, -0.15) is 13.2 Å². The van der Waals surface area contributed by atoms with Crippen LogP contribution in [0.25, 0.3) is 5.70 Å². The standard InChI is InChI=1S/C24H31F3N2O3/c1-4-19(6-5-15-32-3)29-20(18-9-7-17(2)8-10-18)16-21(28-29)22(30)11-13-23(31,14-12-22)24(25,26)27/h4-10,16,21,28,30-31H,11-15H2,1-3H3/b6-5-,19-4+. The van der Waals surface area contributed by atoms with Gasteiger partial charge in [0.25, 0.3) is 0 Å². The van der Waals surface area contributed by atoms with Crippen molar-refractivity contribution >= 4 is 5.70 Å². The number of nitrogens with one attached hydrogen (secondary N) is 1. The van der Waals surface area contributed by atoms with Gasteiger partial charge in [0, 0.05) is 7.11 Å². The summed E-state index contributed by atoms with van der Waals surface area (Å²) in [5.41, 5.74) is 2.73. The molecule has 1 heterocycles. The molecule has 1 aliphatic heterocycles. The number of hydrogen-bond donors (Lipinski definition) is 3. The van der Waals surface area contributed by atoms with E-state index >= 15 is 0 Å². The van der Waals surface area contributed by atoms with Crippen molar-refractivity contribution in [1.82, 2.24) is 10.4 Å². The van der Waals surface area contributed by atoms with Crippen LogP contribution in [0.5, 0.6) is 0 Å². The fourth-order valence-electron chi connectivity index (χ4n) is 4.17. The van der Waals surface area contributed by atoms with Gasteiger partial charge in [-0.3, -0.25) is 5.01 Å². The molecule has 32 heavy (non-hydrogen) atoms. The Hall–Kier alpha value is -2.13. The number of nitrogens with zero attached hydrogens (tertiary/aromatic N) is 1. The van der Waals surface area contributed by atoms with Crippen LogP contribution in [0.1, 0.15) is 43.7 Å². The van der Waals surface area contributed by atoms with Crippen molar-refractivity contribution in [2.45, 2.75) is 63.0 Å². The summed E-state index contributed by atoms with van der Waals surface area (Å²) < 4.78 is 44.8. The molecule has 0 amide bonds. The fourth-order valence-corrected chi connectivity index (χ4v) is 4.17. The molecule has 3 N–H and O–H groups in total. The number of methoxy groups -OCH3 is 1. The molecule has 1 aromatic rings. The van der Waals surface area contributed by atoms with E-state index in [0.29, 0.717) is 6.61 Å². The van der Waals surface area contributed by atoms with Crippen molar-refractivity contribution < 1.29 is 28.1 Å². The zero-order valence-corrected chi connectivity index (χ0v) is 18.6. The normalized spacial score (nSPS) is 29.6. The average molecular weight is 453 g/mol. The summed E-state index contributed by atoms with van der Waals surface area (Å²) in [6.45, 7) is 4.30. The van der Waals surface area contributed by atoms with Crippen molar-refractivity contribution in [2.75, 3.05) is 13.7 Å². The van der Waals surface area contributed by atoms with Gasteiger partial charge in [-0.15, -0.1) is 0 Å². The molecule has 1 aliphatic carbocycles. The van der Waals surface area contributed by atoms with Crippen LogP contribution in [0.3, 0.4) is 0 Å². The molecule has 0 aromatic heterocycles. The molecule has 1 aromatic carbocycles. The number of aryl methyl sites for hydroxylation is 1. The third kappa shape index (κ3) is 4.93. The van der Waals surface area contributed by atoms with Crippen LogP contribution in [0.15, 0.2) is 54.3 Å². The van der Waals surface area contributed by atoms with E-state index in [2.05, 4.69) is 5.43 Å². The quantitative estimate of drug-likeness (QED) is 0.564. The number of aliphatic hydroxyl groups is 2. The van der Waals surface area contributed by atoms with Crippen molar-refractivity contribution in [3.8, 4) is 0 Å². The van der Waals surface area contributed by atoms with Crippen molar-refractivity contribution in [2.24, 2.45) is 0 Å². The predicted molar refractivity (Wildman–Crippen MR) is 117 cm³/mol. The molecular formula is C24H31F3N2O3. The first-order chi connectivity index (χ1) is 15.0. The first kappa shape index (κ1) is 24.5. The molecule has 1 atom stereocenters. The minimum absolute atomic E-state index is 0.170. The second kappa shape index (κ2) is 9.39. The number of rotatable bonds is 6. The maximum Gasteiger partial charge on any atom is 0.417 e. The minimum Gasteiger partial charge on any atom is -0.388 e. The lowest BCUT2D eigenvalue weighted by molar-refractivity contribution is -0.279. The first-order valence-corrected chi connectivity index (χ1v) is 10.7. The molecule has 8 heteroatoms. The van der Waals surface area contributed by atoms with E-state index < -0.39 is 36.3 Å². The van der Waals surface area contributed by atoms with E-state index in [1.54, 1.807) is 7.11 Å². The summed E-state index contributed by atoms with van der Waals surface area (Å²) in [5, 5.41) is 23.2. The van der Waals surface area contributed by atoms with Crippen LogP contribution in [0, 0.1) is 6.92 Å². The molecule has 0 spiro atoms. The second-order valence-corrected chi connectivity index (χ2v) is 8.56. The number of ether oxygens (including phenoxy) is 1. The van der Waals surface area contributed by atoms with Gasteiger partial charge in [0.05, 0.1) is 29.6 Å². The number of allylic oxidation sites excluding steroid dienone is 2. The van der Waals surface area contributed by atoms with Gasteiger partial charge in [0.2, 0.25) is 0 Å². The Balaban J connectivity index is 1.90. The number of benzene rings is 1. The molecule has 5 nitrogen and oxygen atoms in total. The highest BCUT2D eigenvalue weighted by Crippen LogP contribution is 2.46. The van der Waals surface area contributed by atoms with Crippen LogP contribution >= 0.6 is 0 Å². The summed E-state index contributed by atoms with van der Waals surface area (Å²) in [4.78, 5) is 0.